The number of carbonyl (C=O) groups excluding carboxylic acids is 1. The molecule has 6 nitrogen and oxygen atoms in total. The minimum absolute atomic E-state index is 0.0157. The van der Waals surface area contributed by atoms with Crippen LogP contribution in [0.5, 0.6) is 5.75 Å². The highest BCUT2D eigenvalue weighted by atomic mass is 32.2. The van der Waals surface area contributed by atoms with Crippen molar-refractivity contribution in [3.8, 4) is 5.75 Å². The standard InChI is InChI=1S/C30H32N4O2S2/c1-5-32(6-2)23-15-13-22(14-16-23)31-30-34(20-21-11-9-8-10-12-21)28(35)27(38-30)29-33(7-3)25-19-24(36-4)17-18-26(25)37-29/h8-19H,5-7,20H2,1-4H3/b29-27-,31-30?. The number of nitrogens with zero attached hydrogens (tertiary/aromatic N) is 4. The van der Waals surface area contributed by atoms with Crippen LogP contribution >= 0.6 is 23.5 Å². The molecule has 2 aliphatic heterocycles. The quantitative estimate of drug-likeness (QED) is 0.282. The van der Waals surface area contributed by atoms with E-state index >= 15 is 0 Å². The zero-order valence-corrected chi connectivity index (χ0v) is 23.8. The van der Waals surface area contributed by atoms with E-state index in [0.29, 0.717) is 16.6 Å². The van der Waals surface area contributed by atoms with Gasteiger partial charge in [-0.2, -0.15) is 0 Å². The van der Waals surface area contributed by atoms with Gasteiger partial charge in [0, 0.05) is 36.3 Å². The topological polar surface area (TPSA) is 48.4 Å². The highest BCUT2D eigenvalue weighted by molar-refractivity contribution is 8.19. The Morgan fingerprint density at radius 3 is 2.29 bits per heavy atom. The Hall–Kier alpha value is -3.36. The van der Waals surface area contributed by atoms with Gasteiger partial charge in [-0.05, 0) is 74.5 Å². The van der Waals surface area contributed by atoms with E-state index < -0.39 is 0 Å². The van der Waals surface area contributed by atoms with Gasteiger partial charge in [-0.25, -0.2) is 4.99 Å². The predicted molar refractivity (Wildman–Crippen MR) is 161 cm³/mol. The number of ether oxygens (including phenoxy) is 1. The van der Waals surface area contributed by atoms with E-state index in [1.807, 2.05) is 54.6 Å². The van der Waals surface area contributed by atoms with Gasteiger partial charge in [-0.15, -0.1) is 0 Å². The number of hydrogen-bond donors (Lipinski definition) is 0. The lowest BCUT2D eigenvalue weighted by Gasteiger charge is -2.21. The van der Waals surface area contributed by atoms with Crippen molar-refractivity contribution >= 4 is 51.7 Å². The second kappa shape index (κ2) is 11.6. The van der Waals surface area contributed by atoms with Crippen molar-refractivity contribution in [3.05, 3.63) is 88.3 Å². The lowest BCUT2D eigenvalue weighted by atomic mass is 10.2. The monoisotopic (exact) mass is 544 g/mol. The Bertz CT molecular complexity index is 1370. The number of hydrogen-bond acceptors (Lipinski definition) is 7. The third-order valence-electron chi connectivity index (χ3n) is 6.67. The molecule has 5 rings (SSSR count). The molecule has 8 heteroatoms. The van der Waals surface area contributed by atoms with E-state index in [1.54, 1.807) is 23.8 Å². The molecule has 0 N–H and O–H groups in total. The highest BCUT2D eigenvalue weighted by Crippen LogP contribution is 2.51. The molecular weight excluding hydrogens is 512 g/mol. The molecule has 0 saturated carbocycles. The number of benzene rings is 3. The average Bonchev–Trinajstić information content (AvgIpc) is 3.47. The summed E-state index contributed by atoms with van der Waals surface area (Å²) in [6.45, 7) is 9.55. The Labute approximate surface area is 233 Å². The zero-order chi connectivity index (χ0) is 26.6. The summed E-state index contributed by atoms with van der Waals surface area (Å²) in [6, 6.07) is 24.4. The Kier molecular flexibility index (Phi) is 8.00. The summed E-state index contributed by atoms with van der Waals surface area (Å²) in [6.07, 6.45) is 0. The van der Waals surface area contributed by atoms with Crippen LogP contribution in [0.25, 0.3) is 0 Å². The molecule has 0 atom stereocenters. The Morgan fingerprint density at radius 2 is 1.63 bits per heavy atom. The lowest BCUT2D eigenvalue weighted by Crippen LogP contribution is -2.29. The summed E-state index contributed by atoms with van der Waals surface area (Å²) in [5.41, 5.74) is 4.14. The molecular formula is C30H32N4O2S2. The van der Waals surface area contributed by atoms with Gasteiger partial charge in [0.25, 0.3) is 5.91 Å². The molecule has 0 radical (unpaired) electrons. The first-order chi connectivity index (χ1) is 18.6. The molecule has 38 heavy (non-hydrogen) atoms. The summed E-state index contributed by atoms with van der Waals surface area (Å²) in [5, 5.41) is 1.65. The van der Waals surface area contributed by atoms with Crippen LogP contribution in [0.2, 0.25) is 0 Å². The van der Waals surface area contributed by atoms with Crippen LogP contribution in [-0.4, -0.2) is 42.7 Å². The van der Waals surface area contributed by atoms with Gasteiger partial charge < -0.3 is 14.5 Å². The van der Waals surface area contributed by atoms with Crippen LogP contribution in [-0.2, 0) is 11.3 Å². The van der Waals surface area contributed by atoms with Crippen molar-refractivity contribution < 1.29 is 9.53 Å². The number of methoxy groups -OCH3 is 1. The minimum Gasteiger partial charge on any atom is -0.497 e. The number of thioether (sulfide) groups is 2. The van der Waals surface area contributed by atoms with E-state index in [4.69, 9.17) is 9.73 Å². The molecule has 0 bridgehead atoms. The smallest absolute Gasteiger partial charge is 0.269 e. The molecule has 196 valence electrons. The SMILES string of the molecule is CCN(CC)c1ccc(N=C2S/C(=C3\Sc4ccc(OC)cc4N3CC)C(=O)N2Cc2ccccc2)cc1. The zero-order valence-electron chi connectivity index (χ0n) is 22.2. The number of anilines is 2. The molecule has 1 fully saturated rings. The van der Waals surface area contributed by atoms with E-state index in [2.05, 4.69) is 48.8 Å². The number of carbonyl (C=O) groups is 1. The van der Waals surface area contributed by atoms with E-state index in [9.17, 15) is 4.79 Å². The fourth-order valence-corrected chi connectivity index (χ4v) is 7.01. The van der Waals surface area contributed by atoms with E-state index in [-0.39, 0.29) is 5.91 Å². The van der Waals surface area contributed by atoms with Crippen LogP contribution in [0.4, 0.5) is 17.1 Å². The molecule has 3 aromatic rings. The van der Waals surface area contributed by atoms with Crippen LogP contribution < -0.4 is 14.5 Å². The molecule has 0 aromatic heterocycles. The van der Waals surface area contributed by atoms with E-state index in [0.717, 1.165) is 52.2 Å². The lowest BCUT2D eigenvalue weighted by molar-refractivity contribution is -0.122. The van der Waals surface area contributed by atoms with Crippen LogP contribution in [0.3, 0.4) is 0 Å². The maximum Gasteiger partial charge on any atom is 0.269 e. The van der Waals surface area contributed by atoms with Gasteiger partial charge >= 0.3 is 0 Å². The van der Waals surface area contributed by atoms with Crippen molar-refractivity contribution in [2.24, 2.45) is 4.99 Å². The Morgan fingerprint density at radius 1 is 0.895 bits per heavy atom. The molecule has 0 aliphatic carbocycles. The maximum atomic E-state index is 13.9. The van der Waals surface area contributed by atoms with Crippen molar-refractivity contribution in [1.29, 1.82) is 0 Å². The number of fused-ring (bicyclic) bond motifs is 1. The van der Waals surface area contributed by atoms with Crippen molar-refractivity contribution in [2.45, 2.75) is 32.2 Å². The number of rotatable bonds is 8. The first-order valence-electron chi connectivity index (χ1n) is 12.9. The fourth-order valence-electron chi connectivity index (χ4n) is 4.63. The van der Waals surface area contributed by atoms with Crippen molar-refractivity contribution in [1.82, 2.24) is 4.90 Å². The van der Waals surface area contributed by atoms with Gasteiger partial charge in [0.05, 0.1) is 25.0 Å². The van der Waals surface area contributed by atoms with Gasteiger partial charge in [-0.1, -0.05) is 42.1 Å². The molecule has 0 spiro atoms. The third kappa shape index (κ3) is 5.15. The fraction of sp³-hybridized carbons (Fsp3) is 0.267. The van der Waals surface area contributed by atoms with Gasteiger partial charge in [0.1, 0.15) is 15.7 Å². The third-order valence-corrected chi connectivity index (χ3v) is 9.05. The number of aliphatic imine (C=N–C) groups is 1. The van der Waals surface area contributed by atoms with Crippen LogP contribution in [0.15, 0.2) is 92.6 Å². The first-order valence-corrected chi connectivity index (χ1v) is 14.5. The normalized spacial score (nSPS) is 17.9. The molecule has 1 amide bonds. The predicted octanol–water partition coefficient (Wildman–Crippen LogP) is 7.11. The molecule has 2 heterocycles. The van der Waals surface area contributed by atoms with Crippen molar-refractivity contribution in [2.75, 3.05) is 36.5 Å². The second-order valence-corrected chi connectivity index (χ2v) is 10.9. The molecule has 3 aromatic carbocycles. The van der Waals surface area contributed by atoms with Crippen molar-refractivity contribution in [3.63, 3.8) is 0 Å². The van der Waals surface area contributed by atoms with Gasteiger partial charge in [0.2, 0.25) is 0 Å². The number of amidine groups is 1. The summed E-state index contributed by atoms with van der Waals surface area (Å²) in [7, 11) is 1.68. The second-order valence-electron chi connectivity index (χ2n) is 8.88. The molecule has 1 saturated heterocycles. The summed E-state index contributed by atoms with van der Waals surface area (Å²) < 4.78 is 5.46. The van der Waals surface area contributed by atoms with Gasteiger partial charge in [-0.3, -0.25) is 9.69 Å². The largest absolute Gasteiger partial charge is 0.497 e. The Balaban J connectivity index is 1.52. The highest BCUT2D eigenvalue weighted by Gasteiger charge is 2.39. The van der Waals surface area contributed by atoms with Crippen LogP contribution in [0, 0.1) is 0 Å². The maximum absolute atomic E-state index is 13.9. The molecule has 0 unspecified atom stereocenters. The summed E-state index contributed by atoms with van der Waals surface area (Å²) >= 11 is 3.10. The van der Waals surface area contributed by atoms with Crippen LogP contribution in [0.1, 0.15) is 26.3 Å². The number of amides is 1. The first kappa shape index (κ1) is 26.3. The van der Waals surface area contributed by atoms with E-state index in [1.165, 1.54) is 17.4 Å². The molecule has 2 aliphatic rings. The summed E-state index contributed by atoms with van der Waals surface area (Å²) in [5.74, 6) is 0.790. The summed E-state index contributed by atoms with van der Waals surface area (Å²) in [4.78, 5) is 27.1. The minimum atomic E-state index is -0.0157. The van der Waals surface area contributed by atoms with Gasteiger partial charge in [0.15, 0.2) is 5.17 Å². The average molecular weight is 545 g/mol.